The third-order valence-corrected chi connectivity index (χ3v) is 3.30. The zero-order valence-electron chi connectivity index (χ0n) is 10.8. The van der Waals surface area contributed by atoms with E-state index in [1.54, 1.807) is 6.07 Å². The summed E-state index contributed by atoms with van der Waals surface area (Å²) in [6.45, 7) is 2.99. The van der Waals surface area contributed by atoms with Gasteiger partial charge < -0.3 is 15.4 Å². The number of carbonyl (C=O) groups excluding carboxylic acids is 1. The Labute approximate surface area is 117 Å². The normalized spacial score (nSPS) is 18.4. The van der Waals surface area contributed by atoms with Crippen LogP contribution in [0.3, 0.4) is 0 Å². The maximum Gasteiger partial charge on any atom is 0.328 e. The third-order valence-electron chi connectivity index (χ3n) is 3.09. The lowest BCUT2D eigenvalue weighted by Gasteiger charge is -2.24. The van der Waals surface area contributed by atoms with Crippen LogP contribution in [-0.4, -0.2) is 35.1 Å². The number of carbonyl (C=O) groups is 1. The Balaban J connectivity index is 2.22. The molecule has 2 N–H and O–H groups in total. The van der Waals surface area contributed by atoms with Crippen molar-refractivity contribution in [1.82, 2.24) is 4.98 Å². The number of hydrogen-bond acceptors (Lipinski definition) is 5. The number of nitrogens with two attached hydrogens (primary N) is 1. The average Bonchev–Trinajstić information content (AvgIpc) is 2.88. The van der Waals surface area contributed by atoms with Crippen molar-refractivity contribution in [2.45, 2.75) is 25.8 Å². The Bertz CT molecular complexity index is 493. The van der Waals surface area contributed by atoms with Crippen LogP contribution >= 0.6 is 12.2 Å². The molecule has 1 aromatic rings. The zero-order valence-corrected chi connectivity index (χ0v) is 11.7. The Hall–Kier alpha value is -1.69. The van der Waals surface area contributed by atoms with E-state index < -0.39 is 0 Å². The second-order valence-corrected chi connectivity index (χ2v) is 4.79. The molecule has 19 heavy (non-hydrogen) atoms. The molecule has 0 radical (unpaired) electrons. The molecule has 0 aliphatic carbocycles. The van der Waals surface area contributed by atoms with E-state index in [2.05, 4.69) is 4.98 Å². The SMILES string of the molecule is CCOC(=O)C1CCCN1c1cccc(C(N)=S)n1. The van der Waals surface area contributed by atoms with Gasteiger partial charge in [-0.25, -0.2) is 9.78 Å². The van der Waals surface area contributed by atoms with Crippen molar-refractivity contribution < 1.29 is 9.53 Å². The maximum absolute atomic E-state index is 11.9. The Kier molecular flexibility index (Phi) is 4.31. The fourth-order valence-corrected chi connectivity index (χ4v) is 2.36. The molecule has 1 aliphatic rings. The zero-order chi connectivity index (χ0) is 13.8. The maximum atomic E-state index is 11.9. The second-order valence-electron chi connectivity index (χ2n) is 4.35. The van der Waals surface area contributed by atoms with Gasteiger partial charge in [-0.05, 0) is 31.9 Å². The highest BCUT2D eigenvalue weighted by atomic mass is 32.1. The van der Waals surface area contributed by atoms with E-state index in [9.17, 15) is 4.79 Å². The summed E-state index contributed by atoms with van der Waals surface area (Å²) >= 11 is 4.92. The van der Waals surface area contributed by atoms with E-state index in [4.69, 9.17) is 22.7 Å². The topological polar surface area (TPSA) is 68.5 Å². The molecule has 102 valence electrons. The fraction of sp³-hybridized carbons (Fsp3) is 0.462. The number of hydrogen-bond donors (Lipinski definition) is 1. The number of esters is 1. The van der Waals surface area contributed by atoms with Crippen LogP contribution in [0.2, 0.25) is 0 Å². The van der Waals surface area contributed by atoms with E-state index in [1.165, 1.54) is 0 Å². The van der Waals surface area contributed by atoms with Crippen LogP contribution in [0.15, 0.2) is 18.2 Å². The number of rotatable bonds is 4. The van der Waals surface area contributed by atoms with E-state index in [-0.39, 0.29) is 17.0 Å². The minimum Gasteiger partial charge on any atom is -0.464 e. The summed E-state index contributed by atoms with van der Waals surface area (Å²) < 4.78 is 5.10. The summed E-state index contributed by atoms with van der Waals surface area (Å²) in [5.41, 5.74) is 6.15. The first kappa shape index (κ1) is 13.7. The molecule has 1 aromatic heterocycles. The molecule has 1 unspecified atom stereocenters. The summed E-state index contributed by atoms with van der Waals surface area (Å²) in [5, 5.41) is 0. The Morgan fingerprint density at radius 1 is 1.63 bits per heavy atom. The van der Waals surface area contributed by atoms with E-state index in [0.717, 1.165) is 25.2 Å². The first-order chi connectivity index (χ1) is 9.13. The molecule has 0 saturated carbocycles. The van der Waals surface area contributed by atoms with Crippen LogP contribution < -0.4 is 10.6 Å². The minimum absolute atomic E-state index is 0.192. The van der Waals surface area contributed by atoms with E-state index in [0.29, 0.717) is 12.3 Å². The van der Waals surface area contributed by atoms with Gasteiger partial charge in [0.2, 0.25) is 0 Å². The van der Waals surface area contributed by atoms with Crippen LogP contribution in [0.1, 0.15) is 25.5 Å². The van der Waals surface area contributed by atoms with Gasteiger partial charge in [0, 0.05) is 6.54 Å². The largest absolute Gasteiger partial charge is 0.464 e. The quantitative estimate of drug-likeness (QED) is 0.661. The number of ether oxygens (including phenoxy) is 1. The number of nitrogens with zero attached hydrogens (tertiary/aromatic N) is 2. The van der Waals surface area contributed by atoms with Gasteiger partial charge in [0.25, 0.3) is 0 Å². The lowest BCUT2D eigenvalue weighted by atomic mass is 10.2. The minimum atomic E-state index is -0.256. The summed E-state index contributed by atoms with van der Waals surface area (Å²) in [5.74, 6) is 0.531. The molecule has 1 atom stereocenters. The van der Waals surface area contributed by atoms with Gasteiger partial charge >= 0.3 is 5.97 Å². The van der Waals surface area contributed by atoms with Gasteiger partial charge in [-0.15, -0.1) is 0 Å². The number of pyridine rings is 1. The second kappa shape index (κ2) is 5.97. The first-order valence-electron chi connectivity index (χ1n) is 6.33. The van der Waals surface area contributed by atoms with Gasteiger partial charge in [-0.3, -0.25) is 0 Å². The Morgan fingerprint density at radius 2 is 2.42 bits per heavy atom. The van der Waals surface area contributed by atoms with Crippen LogP contribution in [0, 0.1) is 0 Å². The number of thiocarbonyl (C=S) groups is 1. The number of aromatic nitrogens is 1. The van der Waals surface area contributed by atoms with Crippen LogP contribution in [0.25, 0.3) is 0 Å². The molecular formula is C13H17N3O2S. The molecule has 1 aliphatic heterocycles. The molecular weight excluding hydrogens is 262 g/mol. The van der Waals surface area contributed by atoms with Crippen molar-refractivity contribution >= 4 is 29.0 Å². The molecule has 1 saturated heterocycles. The van der Waals surface area contributed by atoms with Gasteiger partial charge in [-0.1, -0.05) is 18.3 Å². The van der Waals surface area contributed by atoms with Crippen molar-refractivity contribution in [3.8, 4) is 0 Å². The van der Waals surface area contributed by atoms with Crippen molar-refractivity contribution in [2.24, 2.45) is 5.73 Å². The van der Waals surface area contributed by atoms with Gasteiger partial charge in [-0.2, -0.15) is 0 Å². The lowest BCUT2D eigenvalue weighted by Crippen LogP contribution is -2.38. The molecule has 1 fully saturated rings. The van der Waals surface area contributed by atoms with Crippen molar-refractivity contribution in [3.05, 3.63) is 23.9 Å². The van der Waals surface area contributed by atoms with Crippen molar-refractivity contribution in [1.29, 1.82) is 0 Å². The summed E-state index contributed by atoms with van der Waals surface area (Å²) in [6.07, 6.45) is 1.74. The molecule has 0 spiro atoms. The predicted octanol–water partition coefficient (Wildman–Crippen LogP) is 1.25. The van der Waals surface area contributed by atoms with Crippen LogP contribution in [0.5, 0.6) is 0 Å². The summed E-state index contributed by atoms with van der Waals surface area (Å²) in [6, 6.07) is 5.21. The monoisotopic (exact) mass is 279 g/mol. The molecule has 0 amide bonds. The molecule has 2 heterocycles. The summed E-state index contributed by atoms with van der Waals surface area (Å²) in [7, 11) is 0. The molecule has 2 rings (SSSR count). The molecule has 6 heteroatoms. The summed E-state index contributed by atoms with van der Waals surface area (Å²) in [4.78, 5) is 18.5. The van der Waals surface area contributed by atoms with Gasteiger partial charge in [0.15, 0.2) is 0 Å². The van der Waals surface area contributed by atoms with E-state index in [1.807, 2.05) is 24.0 Å². The van der Waals surface area contributed by atoms with Crippen LogP contribution in [0.4, 0.5) is 5.82 Å². The average molecular weight is 279 g/mol. The first-order valence-corrected chi connectivity index (χ1v) is 6.74. The Morgan fingerprint density at radius 3 is 3.11 bits per heavy atom. The highest BCUT2D eigenvalue weighted by Gasteiger charge is 2.32. The number of anilines is 1. The third kappa shape index (κ3) is 3.01. The predicted molar refractivity (Wildman–Crippen MR) is 77.1 cm³/mol. The van der Waals surface area contributed by atoms with Crippen LogP contribution in [-0.2, 0) is 9.53 Å². The van der Waals surface area contributed by atoms with Crippen molar-refractivity contribution in [2.75, 3.05) is 18.1 Å². The highest BCUT2D eigenvalue weighted by molar-refractivity contribution is 7.80. The van der Waals surface area contributed by atoms with Crippen molar-refractivity contribution in [3.63, 3.8) is 0 Å². The smallest absolute Gasteiger partial charge is 0.328 e. The lowest BCUT2D eigenvalue weighted by molar-refractivity contribution is -0.144. The fourth-order valence-electron chi connectivity index (χ4n) is 2.24. The molecule has 0 aromatic carbocycles. The van der Waals surface area contributed by atoms with Gasteiger partial charge in [0.1, 0.15) is 16.8 Å². The highest BCUT2D eigenvalue weighted by Crippen LogP contribution is 2.24. The standard InChI is InChI=1S/C13H17N3O2S/c1-2-18-13(17)10-6-4-8-16(10)11-7-3-5-9(15-11)12(14)19/h3,5,7,10H,2,4,6,8H2,1H3,(H2,14,19). The van der Waals surface area contributed by atoms with Gasteiger partial charge in [0.05, 0.1) is 12.3 Å². The molecule has 5 nitrogen and oxygen atoms in total. The molecule has 0 bridgehead atoms. The van der Waals surface area contributed by atoms with E-state index >= 15 is 0 Å².